The maximum absolute atomic E-state index is 12.0. The molecule has 0 aliphatic rings. The molecule has 6 heteroatoms. The standard InChI is InChI=1S/C19H20N2O4/c1-12-4-9-17(13(2)10-12)21-18(23)11-25-19(24)15-5-7-16(8-6-15)20-14(3)22/h4-10H,11H2,1-3H3,(H,20,22)(H,21,23). The van der Waals surface area contributed by atoms with Crippen molar-refractivity contribution < 1.29 is 19.1 Å². The summed E-state index contributed by atoms with van der Waals surface area (Å²) >= 11 is 0. The lowest BCUT2D eigenvalue weighted by atomic mass is 10.1. The number of amides is 2. The Hall–Kier alpha value is -3.15. The molecule has 0 fully saturated rings. The number of hydrogen-bond donors (Lipinski definition) is 2. The van der Waals surface area contributed by atoms with Gasteiger partial charge in [-0.15, -0.1) is 0 Å². The number of carbonyl (C=O) groups excluding carboxylic acids is 3. The van der Waals surface area contributed by atoms with Crippen molar-refractivity contribution in [2.45, 2.75) is 20.8 Å². The highest BCUT2D eigenvalue weighted by Crippen LogP contribution is 2.16. The lowest BCUT2D eigenvalue weighted by Crippen LogP contribution is -2.21. The normalized spacial score (nSPS) is 10.0. The van der Waals surface area contributed by atoms with Crippen LogP contribution in [0.2, 0.25) is 0 Å². The smallest absolute Gasteiger partial charge is 0.338 e. The van der Waals surface area contributed by atoms with E-state index in [-0.39, 0.29) is 12.5 Å². The third-order valence-corrected chi connectivity index (χ3v) is 3.43. The number of ether oxygens (including phenoxy) is 1. The minimum absolute atomic E-state index is 0.196. The number of carbonyl (C=O) groups is 3. The fraction of sp³-hybridized carbons (Fsp3) is 0.211. The van der Waals surface area contributed by atoms with E-state index in [1.165, 1.54) is 19.1 Å². The van der Waals surface area contributed by atoms with Gasteiger partial charge in [-0.3, -0.25) is 9.59 Å². The van der Waals surface area contributed by atoms with Gasteiger partial charge in [-0.25, -0.2) is 4.79 Å². The SMILES string of the molecule is CC(=O)Nc1ccc(C(=O)OCC(=O)Nc2ccc(C)cc2C)cc1. The van der Waals surface area contributed by atoms with Gasteiger partial charge in [0.25, 0.3) is 5.91 Å². The first kappa shape index (κ1) is 18.2. The summed E-state index contributed by atoms with van der Waals surface area (Å²) in [5, 5.41) is 5.31. The Balaban J connectivity index is 1.88. The van der Waals surface area contributed by atoms with Crippen molar-refractivity contribution in [1.82, 2.24) is 0 Å². The predicted molar refractivity (Wildman–Crippen MR) is 95.6 cm³/mol. The minimum atomic E-state index is -0.606. The Labute approximate surface area is 146 Å². The van der Waals surface area contributed by atoms with Gasteiger partial charge < -0.3 is 15.4 Å². The van der Waals surface area contributed by atoms with E-state index < -0.39 is 11.9 Å². The molecule has 0 heterocycles. The van der Waals surface area contributed by atoms with Gasteiger partial charge in [0.2, 0.25) is 5.91 Å². The van der Waals surface area contributed by atoms with Gasteiger partial charge in [-0.1, -0.05) is 17.7 Å². The molecule has 2 N–H and O–H groups in total. The minimum Gasteiger partial charge on any atom is -0.452 e. The zero-order valence-electron chi connectivity index (χ0n) is 14.4. The molecule has 0 aliphatic heterocycles. The lowest BCUT2D eigenvalue weighted by Gasteiger charge is -2.10. The Morgan fingerprint density at radius 1 is 0.960 bits per heavy atom. The van der Waals surface area contributed by atoms with Gasteiger partial charge >= 0.3 is 5.97 Å². The molecule has 0 bridgehead atoms. The molecule has 130 valence electrons. The van der Waals surface area contributed by atoms with E-state index in [0.29, 0.717) is 16.9 Å². The zero-order chi connectivity index (χ0) is 18.4. The topological polar surface area (TPSA) is 84.5 Å². The highest BCUT2D eigenvalue weighted by Gasteiger charge is 2.11. The van der Waals surface area contributed by atoms with E-state index in [2.05, 4.69) is 10.6 Å². The van der Waals surface area contributed by atoms with Gasteiger partial charge in [-0.05, 0) is 49.7 Å². The van der Waals surface area contributed by atoms with Gasteiger partial charge in [0, 0.05) is 18.3 Å². The van der Waals surface area contributed by atoms with E-state index in [9.17, 15) is 14.4 Å². The van der Waals surface area contributed by atoms with Crippen LogP contribution in [-0.2, 0) is 14.3 Å². The molecule has 0 aliphatic carbocycles. The first-order chi connectivity index (χ1) is 11.8. The molecule has 0 unspecified atom stereocenters. The van der Waals surface area contributed by atoms with Crippen LogP contribution in [0.3, 0.4) is 0 Å². The highest BCUT2D eigenvalue weighted by atomic mass is 16.5. The van der Waals surface area contributed by atoms with E-state index in [0.717, 1.165) is 11.1 Å². The molecule has 0 saturated heterocycles. The number of nitrogens with one attached hydrogen (secondary N) is 2. The number of rotatable bonds is 5. The number of benzene rings is 2. The maximum Gasteiger partial charge on any atom is 0.338 e. The first-order valence-electron chi connectivity index (χ1n) is 7.77. The number of anilines is 2. The van der Waals surface area contributed by atoms with E-state index in [1.54, 1.807) is 12.1 Å². The van der Waals surface area contributed by atoms with Gasteiger partial charge in [0.15, 0.2) is 6.61 Å². The van der Waals surface area contributed by atoms with Crippen LogP contribution in [-0.4, -0.2) is 24.4 Å². The van der Waals surface area contributed by atoms with Crippen molar-refractivity contribution in [2.24, 2.45) is 0 Å². The summed E-state index contributed by atoms with van der Waals surface area (Å²) in [5.41, 5.74) is 3.61. The summed E-state index contributed by atoms with van der Waals surface area (Å²) in [6, 6.07) is 11.9. The Kier molecular flexibility index (Phi) is 5.89. The van der Waals surface area contributed by atoms with Crippen molar-refractivity contribution in [3.05, 3.63) is 59.2 Å². The summed E-state index contributed by atoms with van der Waals surface area (Å²) in [6.45, 7) is 4.89. The Morgan fingerprint density at radius 2 is 1.64 bits per heavy atom. The summed E-state index contributed by atoms with van der Waals surface area (Å²) in [4.78, 5) is 34.8. The second-order valence-corrected chi connectivity index (χ2v) is 5.70. The summed E-state index contributed by atoms with van der Waals surface area (Å²) < 4.78 is 5.01. The van der Waals surface area contributed by atoms with E-state index in [4.69, 9.17) is 4.74 Å². The average molecular weight is 340 g/mol. The molecule has 25 heavy (non-hydrogen) atoms. The molecule has 0 aromatic heterocycles. The number of hydrogen-bond acceptors (Lipinski definition) is 4. The van der Waals surface area contributed by atoms with Crippen LogP contribution in [0, 0.1) is 13.8 Å². The van der Waals surface area contributed by atoms with Crippen molar-refractivity contribution >= 4 is 29.2 Å². The molecule has 2 rings (SSSR count). The number of esters is 1. The Bertz CT molecular complexity index is 798. The summed E-state index contributed by atoms with van der Waals surface area (Å²) in [6.07, 6.45) is 0. The largest absolute Gasteiger partial charge is 0.452 e. The quantitative estimate of drug-likeness (QED) is 0.819. The fourth-order valence-corrected chi connectivity index (χ4v) is 2.25. The summed E-state index contributed by atoms with van der Waals surface area (Å²) in [7, 11) is 0. The van der Waals surface area contributed by atoms with Crippen LogP contribution in [0.5, 0.6) is 0 Å². The van der Waals surface area contributed by atoms with Gasteiger partial charge in [0.1, 0.15) is 0 Å². The van der Waals surface area contributed by atoms with Crippen LogP contribution in [0.4, 0.5) is 11.4 Å². The van der Waals surface area contributed by atoms with Crippen molar-refractivity contribution in [3.8, 4) is 0 Å². The van der Waals surface area contributed by atoms with Crippen LogP contribution < -0.4 is 10.6 Å². The van der Waals surface area contributed by atoms with Crippen LogP contribution >= 0.6 is 0 Å². The average Bonchev–Trinajstić information content (AvgIpc) is 2.55. The molecular weight excluding hydrogens is 320 g/mol. The van der Waals surface area contributed by atoms with Crippen molar-refractivity contribution in [2.75, 3.05) is 17.2 Å². The van der Waals surface area contributed by atoms with Crippen LogP contribution in [0.25, 0.3) is 0 Å². The van der Waals surface area contributed by atoms with Crippen LogP contribution in [0.1, 0.15) is 28.4 Å². The predicted octanol–water partition coefficient (Wildman–Crippen LogP) is 3.06. The third kappa shape index (κ3) is 5.46. The van der Waals surface area contributed by atoms with E-state index in [1.807, 2.05) is 32.0 Å². The molecule has 2 aromatic rings. The molecular formula is C19H20N2O4. The molecule has 0 atom stereocenters. The molecule has 0 radical (unpaired) electrons. The first-order valence-corrected chi connectivity index (χ1v) is 7.77. The molecule has 2 aromatic carbocycles. The second kappa shape index (κ2) is 8.10. The zero-order valence-corrected chi connectivity index (χ0v) is 14.4. The molecule has 0 spiro atoms. The lowest BCUT2D eigenvalue weighted by molar-refractivity contribution is -0.119. The fourth-order valence-electron chi connectivity index (χ4n) is 2.25. The second-order valence-electron chi connectivity index (χ2n) is 5.70. The van der Waals surface area contributed by atoms with E-state index >= 15 is 0 Å². The maximum atomic E-state index is 12.0. The third-order valence-electron chi connectivity index (χ3n) is 3.43. The van der Waals surface area contributed by atoms with Gasteiger partial charge in [-0.2, -0.15) is 0 Å². The monoisotopic (exact) mass is 340 g/mol. The molecule has 2 amide bonds. The molecule has 0 saturated carbocycles. The highest BCUT2D eigenvalue weighted by molar-refractivity contribution is 5.96. The molecule has 6 nitrogen and oxygen atoms in total. The van der Waals surface area contributed by atoms with Gasteiger partial charge in [0.05, 0.1) is 5.56 Å². The summed E-state index contributed by atoms with van der Waals surface area (Å²) in [5.74, 6) is -1.21. The number of aryl methyl sites for hydroxylation is 2. The Morgan fingerprint density at radius 3 is 2.24 bits per heavy atom. The van der Waals surface area contributed by atoms with Crippen LogP contribution in [0.15, 0.2) is 42.5 Å². The van der Waals surface area contributed by atoms with Crippen molar-refractivity contribution in [3.63, 3.8) is 0 Å². The van der Waals surface area contributed by atoms with Crippen molar-refractivity contribution in [1.29, 1.82) is 0 Å².